The predicted octanol–water partition coefficient (Wildman–Crippen LogP) is 1.25. The standard InChI is InChI=1S/C15H19N5O2/c21-15(16-9-13-7-4-8-22-13)17-10-14-19-18-11-20(14)12-5-2-1-3-6-12/h1-3,5-6,11,13H,4,7-10H2,(H2,16,17,21)/t13-/m1/s1. The van der Waals surface area contributed by atoms with Crippen LogP contribution >= 0.6 is 0 Å². The van der Waals surface area contributed by atoms with Crippen LogP contribution in [0.3, 0.4) is 0 Å². The van der Waals surface area contributed by atoms with Crippen LogP contribution in [-0.4, -0.2) is 40.1 Å². The second kappa shape index (κ2) is 7.04. The third-order valence-corrected chi connectivity index (χ3v) is 3.57. The number of hydrogen-bond acceptors (Lipinski definition) is 4. The van der Waals surface area contributed by atoms with Crippen molar-refractivity contribution in [1.82, 2.24) is 25.4 Å². The first-order chi connectivity index (χ1) is 10.8. The fourth-order valence-electron chi connectivity index (χ4n) is 2.42. The third kappa shape index (κ3) is 3.62. The lowest BCUT2D eigenvalue weighted by Gasteiger charge is -2.12. The van der Waals surface area contributed by atoms with Crippen LogP contribution < -0.4 is 10.6 Å². The molecule has 2 N–H and O–H groups in total. The van der Waals surface area contributed by atoms with Gasteiger partial charge in [-0.15, -0.1) is 10.2 Å². The molecule has 7 nitrogen and oxygen atoms in total. The summed E-state index contributed by atoms with van der Waals surface area (Å²) >= 11 is 0. The SMILES string of the molecule is O=C(NCc1nncn1-c1ccccc1)NC[C@H]1CCCO1. The number of para-hydroxylation sites is 1. The van der Waals surface area contributed by atoms with Crippen molar-refractivity contribution in [2.45, 2.75) is 25.5 Å². The van der Waals surface area contributed by atoms with E-state index >= 15 is 0 Å². The molecule has 0 spiro atoms. The molecule has 1 aromatic heterocycles. The molecule has 1 aliphatic heterocycles. The summed E-state index contributed by atoms with van der Waals surface area (Å²) in [5.74, 6) is 0.679. The lowest BCUT2D eigenvalue weighted by molar-refractivity contribution is 0.111. The summed E-state index contributed by atoms with van der Waals surface area (Å²) in [7, 11) is 0. The Morgan fingerprint density at radius 3 is 2.95 bits per heavy atom. The Bertz CT molecular complexity index is 607. The number of carbonyl (C=O) groups excluding carboxylic acids is 1. The molecule has 1 aliphatic rings. The number of urea groups is 1. The Morgan fingerprint density at radius 1 is 1.32 bits per heavy atom. The van der Waals surface area contributed by atoms with E-state index < -0.39 is 0 Å². The minimum absolute atomic E-state index is 0.138. The van der Waals surface area contributed by atoms with Crippen molar-refractivity contribution in [2.24, 2.45) is 0 Å². The van der Waals surface area contributed by atoms with Crippen LogP contribution in [0.1, 0.15) is 18.7 Å². The maximum absolute atomic E-state index is 11.8. The highest BCUT2D eigenvalue weighted by Gasteiger charge is 2.16. The molecule has 0 saturated carbocycles. The normalized spacial score (nSPS) is 17.4. The summed E-state index contributed by atoms with van der Waals surface area (Å²) < 4.78 is 7.31. The van der Waals surface area contributed by atoms with Crippen molar-refractivity contribution in [3.05, 3.63) is 42.5 Å². The molecule has 7 heteroatoms. The Balaban J connectivity index is 1.51. The van der Waals surface area contributed by atoms with Gasteiger partial charge in [0.15, 0.2) is 5.82 Å². The third-order valence-electron chi connectivity index (χ3n) is 3.57. The summed E-state index contributed by atoms with van der Waals surface area (Å²) in [4.78, 5) is 11.8. The smallest absolute Gasteiger partial charge is 0.315 e. The maximum Gasteiger partial charge on any atom is 0.315 e. The van der Waals surface area contributed by atoms with Gasteiger partial charge in [0.05, 0.1) is 12.6 Å². The van der Waals surface area contributed by atoms with Gasteiger partial charge < -0.3 is 15.4 Å². The molecule has 1 aromatic carbocycles. The van der Waals surface area contributed by atoms with Gasteiger partial charge in [0.1, 0.15) is 6.33 Å². The van der Waals surface area contributed by atoms with Gasteiger partial charge in [0, 0.05) is 18.8 Å². The van der Waals surface area contributed by atoms with E-state index in [9.17, 15) is 4.79 Å². The number of nitrogens with zero attached hydrogens (tertiary/aromatic N) is 3. The van der Waals surface area contributed by atoms with E-state index in [4.69, 9.17) is 4.74 Å². The van der Waals surface area contributed by atoms with E-state index in [1.165, 1.54) is 0 Å². The molecule has 22 heavy (non-hydrogen) atoms. The number of nitrogens with one attached hydrogen (secondary N) is 2. The summed E-state index contributed by atoms with van der Waals surface area (Å²) in [6, 6.07) is 9.54. The highest BCUT2D eigenvalue weighted by atomic mass is 16.5. The molecule has 1 fully saturated rings. The lowest BCUT2D eigenvalue weighted by Crippen LogP contribution is -2.39. The average molecular weight is 301 g/mol. The molecule has 1 saturated heterocycles. The molecule has 2 aromatic rings. The number of carbonyl (C=O) groups is 1. The van der Waals surface area contributed by atoms with E-state index in [0.717, 1.165) is 25.1 Å². The molecular formula is C15H19N5O2. The number of benzene rings is 1. The lowest BCUT2D eigenvalue weighted by atomic mass is 10.2. The van der Waals surface area contributed by atoms with Gasteiger partial charge in [-0.25, -0.2) is 4.79 Å². The molecule has 116 valence electrons. The van der Waals surface area contributed by atoms with E-state index in [-0.39, 0.29) is 12.1 Å². The van der Waals surface area contributed by atoms with E-state index in [1.807, 2.05) is 34.9 Å². The van der Waals surface area contributed by atoms with Gasteiger partial charge in [-0.3, -0.25) is 4.57 Å². The zero-order valence-corrected chi connectivity index (χ0v) is 12.2. The highest BCUT2D eigenvalue weighted by molar-refractivity contribution is 5.73. The second-order valence-corrected chi connectivity index (χ2v) is 5.15. The Morgan fingerprint density at radius 2 is 2.18 bits per heavy atom. The van der Waals surface area contributed by atoms with Crippen LogP contribution in [0.15, 0.2) is 36.7 Å². The predicted molar refractivity (Wildman–Crippen MR) is 80.6 cm³/mol. The van der Waals surface area contributed by atoms with Crippen LogP contribution in [0, 0.1) is 0 Å². The minimum Gasteiger partial charge on any atom is -0.376 e. The quantitative estimate of drug-likeness (QED) is 0.871. The van der Waals surface area contributed by atoms with Crippen molar-refractivity contribution in [3.8, 4) is 5.69 Å². The molecule has 3 rings (SSSR count). The van der Waals surface area contributed by atoms with Gasteiger partial charge in [-0.05, 0) is 25.0 Å². The van der Waals surface area contributed by atoms with Gasteiger partial charge in [-0.1, -0.05) is 18.2 Å². The van der Waals surface area contributed by atoms with E-state index in [0.29, 0.717) is 18.9 Å². The van der Waals surface area contributed by atoms with E-state index in [1.54, 1.807) is 6.33 Å². The zero-order valence-electron chi connectivity index (χ0n) is 12.2. The van der Waals surface area contributed by atoms with Gasteiger partial charge in [0.25, 0.3) is 0 Å². The summed E-state index contributed by atoms with van der Waals surface area (Å²) in [6.45, 7) is 1.64. The van der Waals surface area contributed by atoms with Crippen LogP contribution in [0.5, 0.6) is 0 Å². The summed E-state index contributed by atoms with van der Waals surface area (Å²) in [5, 5.41) is 13.6. The first-order valence-corrected chi connectivity index (χ1v) is 7.40. The minimum atomic E-state index is -0.224. The highest BCUT2D eigenvalue weighted by Crippen LogP contribution is 2.10. The van der Waals surface area contributed by atoms with Gasteiger partial charge in [0.2, 0.25) is 0 Å². The Hall–Kier alpha value is -2.41. The fourth-order valence-corrected chi connectivity index (χ4v) is 2.42. The number of aromatic nitrogens is 3. The van der Waals surface area contributed by atoms with Crippen LogP contribution in [0.25, 0.3) is 5.69 Å². The van der Waals surface area contributed by atoms with E-state index in [2.05, 4.69) is 20.8 Å². The number of ether oxygens (including phenoxy) is 1. The van der Waals surface area contributed by atoms with Crippen LogP contribution in [-0.2, 0) is 11.3 Å². The van der Waals surface area contributed by atoms with Crippen LogP contribution in [0.4, 0.5) is 4.79 Å². The molecule has 0 unspecified atom stereocenters. The molecule has 0 aliphatic carbocycles. The van der Waals surface area contributed by atoms with Crippen molar-refractivity contribution >= 4 is 6.03 Å². The second-order valence-electron chi connectivity index (χ2n) is 5.15. The summed E-state index contributed by atoms with van der Waals surface area (Å²) in [6.07, 6.45) is 3.84. The number of amides is 2. The van der Waals surface area contributed by atoms with Crippen molar-refractivity contribution < 1.29 is 9.53 Å². The molecular weight excluding hydrogens is 282 g/mol. The molecule has 1 atom stereocenters. The molecule has 0 radical (unpaired) electrons. The Kier molecular flexibility index (Phi) is 4.65. The van der Waals surface area contributed by atoms with Crippen molar-refractivity contribution in [2.75, 3.05) is 13.2 Å². The topological polar surface area (TPSA) is 81.1 Å². The number of rotatable bonds is 5. The van der Waals surface area contributed by atoms with Crippen LogP contribution in [0.2, 0.25) is 0 Å². The molecule has 2 heterocycles. The molecule has 2 amide bonds. The largest absolute Gasteiger partial charge is 0.376 e. The Labute approximate surface area is 128 Å². The number of hydrogen-bond donors (Lipinski definition) is 2. The van der Waals surface area contributed by atoms with Gasteiger partial charge in [-0.2, -0.15) is 0 Å². The first-order valence-electron chi connectivity index (χ1n) is 7.40. The fraction of sp³-hybridized carbons (Fsp3) is 0.400. The van der Waals surface area contributed by atoms with Crippen molar-refractivity contribution in [1.29, 1.82) is 0 Å². The zero-order chi connectivity index (χ0) is 15.2. The average Bonchev–Trinajstić information content (AvgIpc) is 3.23. The van der Waals surface area contributed by atoms with Crippen molar-refractivity contribution in [3.63, 3.8) is 0 Å². The monoisotopic (exact) mass is 301 g/mol. The maximum atomic E-state index is 11.8. The summed E-state index contributed by atoms with van der Waals surface area (Å²) in [5.41, 5.74) is 0.962. The van der Waals surface area contributed by atoms with Gasteiger partial charge >= 0.3 is 6.03 Å². The first kappa shape index (κ1) is 14.5. The molecule has 0 bridgehead atoms.